The van der Waals surface area contributed by atoms with E-state index in [0.717, 1.165) is 16.5 Å². The molecule has 0 aromatic heterocycles. The molecule has 0 atom stereocenters. The van der Waals surface area contributed by atoms with E-state index >= 15 is 0 Å². The molecule has 0 saturated heterocycles. The molecule has 3 aromatic rings. The first-order chi connectivity index (χ1) is 12.9. The average molecular weight is 380 g/mol. The third kappa shape index (κ3) is 4.74. The number of anilines is 1. The normalized spacial score (nSPS) is 10.6. The zero-order chi connectivity index (χ0) is 19.4. The van der Waals surface area contributed by atoms with E-state index in [1.807, 2.05) is 32.0 Å². The highest BCUT2D eigenvalue weighted by Gasteiger charge is 2.10. The first-order valence-electron chi connectivity index (χ1n) is 8.53. The molecular weight excluding hydrogens is 360 g/mol. The number of benzene rings is 3. The second kappa shape index (κ2) is 8.05. The lowest BCUT2D eigenvalue weighted by Gasteiger charge is -2.13. The van der Waals surface area contributed by atoms with Crippen LogP contribution >= 0.6 is 12.2 Å². The molecule has 3 aromatic carbocycles. The smallest absolute Gasteiger partial charge is 0.257 e. The average Bonchev–Trinajstić information content (AvgIpc) is 2.61. The van der Waals surface area contributed by atoms with Crippen LogP contribution in [0.4, 0.5) is 5.69 Å². The zero-order valence-electron chi connectivity index (χ0n) is 15.0. The van der Waals surface area contributed by atoms with Crippen molar-refractivity contribution in [3.05, 3.63) is 66.2 Å². The van der Waals surface area contributed by atoms with Crippen molar-refractivity contribution in [3.8, 4) is 11.5 Å². The van der Waals surface area contributed by atoms with Crippen LogP contribution in [0.5, 0.6) is 11.5 Å². The van der Waals surface area contributed by atoms with Crippen LogP contribution < -0.4 is 15.4 Å². The second-order valence-electron chi connectivity index (χ2n) is 6.31. The molecule has 0 unspecified atom stereocenters. The number of aromatic hydroxyl groups is 1. The molecule has 0 aliphatic heterocycles. The summed E-state index contributed by atoms with van der Waals surface area (Å²) in [5.74, 6) is 0.600. The molecule has 6 heteroatoms. The molecule has 0 bridgehead atoms. The third-order valence-electron chi connectivity index (χ3n) is 3.83. The van der Waals surface area contributed by atoms with Gasteiger partial charge in [0.05, 0.1) is 6.10 Å². The fraction of sp³-hybridized carbons (Fsp3) is 0.143. The minimum atomic E-state index is -0.304. The van der Waals surface area contributed by atoms with Gasteiger partial charge in [-0.25, -0.2) is 0 Å². The second-order valence-corrected chi connectivity index (χ2v) is 6.72. The predicted octanol–water partition coefficient (Wildman–Crippen LogP) is 4.46. The number of amides is 1. The van der Waals surface area contributed by atoms with E-state index in [1.54, 1.807) is 42.5 Å². The molecule has 0 radical (unpaired) electrons. The van der Waals surface area contributed by atoms with Gasteiger partial charge in [0.2, 0.25) is 0 Å². The summed E-state index contributed by atoms with van der Waals surface area (Å²) in [6.07, 6.45) is 0.0732. The van der Waals surface area contributed by atoms with Gasteiger partial charge in [0.15, 0.2) is 5.11 Å². The Labute approximate surface area is 163 Å². The van der Waals surface area contributed by atoms with E-state index < -0.39 is 0 Å². The number of nitrogens with one attached hydrogen (secondary N) is 2. The molecule has 3 N–H and O–H groups in total. The summed E-state index contributed by atoms with van der Waals surface area (Å²) in [5, 5.41) is 17.3. The Bertz CT molecular complexity index is 984. The lowest BCUT2D eigenvalue weighted by atomic mass is 10.1. The summed E-state index contributed by atoms with van der Waals surface area (Å²) >= 11 is 5.27. The Kier molecular flexibility index (Phi) is 5.57. The molecule has 0 saturated carbocycles. The number of carbonyl (C=O) groups excluding carboxylic acids is 1. The van der Waals surface area contributed by atoms with Gasteiger partial charge in [-0.2, -0.15) is 0 Å². The Morgan fingerprint density at radius 1 is 1.07 bits per heavy atom. The van der Waals surface area contributed by atoms with Gasteiger partial charge in [0.1, 0.15) is 11.5 Å². The quantitative estimate of drug-likeness (QED) is 0.583. The van der Waals surface area contributed by atoms with E-state index in [9.17, 15) is 9.90 Å². The Balaban J connectivity index is 1.68. The number of fused-ring (bicyclic) bond motifs is 1. The van der Waals surface area contributed by atoms with Gasteiger partial charge in [-0.3, -0.25) is 10.1 Å². The van der Waals surface area contributed by atoms with Crippen LogP contribution in [0.1, 0.15) is 24.2 Å². The first kappa shape index (κ1) is 18.7. The summed E-state index contributed by atoms with van der Waals surface area (Å²) in [7, 11) is 0. The molecular formula is C21H20N2O3S. The number of phenols is 1. The van der Waals surface area contributed by atoms with Crippen molar-refractivity contribution in [1.82, 2.24) is 5.32 Å². The molecule has 3 rings (SSSR count). The van der Waals surface area contributed by atoms with Gasteiger partial charge in [0.25, 0.3) is 5.91 Å². The van der Waals surface area contributed by atoms with Crippen LogP contribution in [0.15, 0.2) is 60.7 Å². The molecule has 138 valence electrons. The molecule has 0 fully saturated rings. The van der Waals surface area contributed by atoms with Crippen LogP contribution in [-0.4, -0.2) is 22.2 Å². The zero-order valence-corrected chi connectivity index (χ0v) is 15.8. The minimum absolute atomic E-state index is 0.0732. The van der Waals surface area contributed by atoms with E-state index in [4.69, 9.17) is 17.0 Å². The van der Waals surface area contributed by atoms with Crippen molar-refractivity contribution >= 4 is 39.7 Å². The van der Waals surface area contributed by atoms with E-state index in [1.165, 1.54) is 0 Å². The van der Waals surface area contributed by atoms with Gasteiger partial charge in [-0.1, -0.05) is 12.1 Å². The molecule has 0 heterocycles. The van der Waals surface area contributed by atoms with Gasteiger partial charge in [-0.05, 0) is 80.0 Å². The summed E-state index contributed by atoms with van der Waals surface area (Å²) in [6.45, 7) is 3.89. The number of rotatable bonds is 4. The fourth-order valence-corrected chi connectivity index (χ4v) is 2.87. The van der Waals surface area contributed by atoms with Crippen LogP contribution in [0, 0.1) is 0 Å². The highest BCUT2D eigenvalue weighted by molar-refractivity contribution is 7.80. The predicted molar refractivity (Wildman–Crippen MR) is 112 cm³/mol. The molecule has 0 aliphatic rings. The summed E-state index contributed by atoms with van der Waals surface area (Å²) in [5.41, 5.74) is 1.23. The first-order valence-corrected chi connectivity index (χ1v) is 8.94. The monoisotopic (exact) mass is 380 g/mol. The van der Waals surface area contributed by atoms with Crippen molar-refractivity contribution in [2.45, 2.75) is 20.0 Å². The maximum atomic E-state index is 12.4. The molecule has 1 amide bonds. The number of hydrogen-bond donors (Lipinski definition) is 3. The molecule has 27 heavy (non-hydrogen) atoms. The van der Waals surface area contributed by atoms with Crippen LogP contribution in [0.2, 0.25) is 0 Å². The number of ether oxygens (including phenoxy) is 1. The maximum Gasteiger partial charge on any atom is 0.257 e. The highest BCUT2D eigenvalue weighted by atomic mass is 32.1. The minimum Gasteiger partial charge on any atom is -0.508 e. The molecule has 5 nitrogen and oxygen atoms in total. The Morgan fingerprint density at radius 2 is 1.81 bits per heavy atom. The van der Waals surface area contributed by atoms with Crippen molar-refractivity contribution in [2.75, 3.05) is 5.32 Å². The SMILES string of the molecule is CC(C)Oc1ccc(C(=O)NC(=S)Nc2cccc3cc(O)ccc23)cc1. The summed E-state index contributed by atoms with van der Waals surface area (Å²) < 4.78 is 5.57. The number of phenolic OH excluding ortho intramolecular Hbond substituents is 1. The lowest BCUT2D eigenvalue weighted by molar-refractivity contribution is 0.0977. The topological polar surface area (TPSA) is 70.6 Å². The van der Waals surface area contributed by atoms with Crippen LogP contribution in [-0.2, 0) is 0 Å². The Hall–Kier alpha value is -3.12. The number of carbonyl (C=O) groups is 1. The van der Waals surface area contributed by atoms with Gasteiger partial charge in [-0.15, -0.1) is 0 Å². The van der Waals surface area contributed by atoms with Crippen molar-refractivity contribution in [2.24, 2.45) is 0 Å². The standard InChI is InChI=1S/C21H20N2O3S/c1-13(2)26-17-9-6-14(7-10-17)20(25)23-21(27)22-19-5-3-4-15-12-16(24)8-11-18(15)19/h3-13,24H,1-2H3,(H2,22,23,25,27). The largest absolute Gasteiger partial charge is 0.508 e. The third-order valence-corrected chi connectivity index (χ3v) is 4.03. The number of thiocarbonyl (C=S) groups is 1. The Morgan fingerprint density at radius 3 is 2.52 bits per heavy atom. The lowest BCUT2D eigenvalue weighted by Crippen LogP contribution is -2.34. The number of hydrogen-bond acceptors (Lipinski definition) is 4. The molecule has 0 aliphatic carbocycles. The van der Waals surface area contributed by atoms with Crippen LogP contribution in [0.3, 0.4) is 0 Å². The highest BCUT2D eigenvalue weighted by Crippen LogP contribution is 2.26. The van der Waals surface area contributed by atoms with Gasteiger partial charge >= 0.3 is 0 Å². The summed E-state index contributed by atoms with van der Waals surface area (Å²) in [4.78, 5) is 12.4. The maximum absolute atomic E-state index is 12.4. The van der Waals surface area contributed by atoms with Crippen LogP contribution in [0.25, 0.3) is 10.8 Å². The van der Waals surface area contributed by atoms with Crippen molar-refractivity contribution < 1.29 is 14.6 Å². The van der Waals surface area contributed by atoms with Crippen molar-refractivity contribution in [1.29, 1.82) is 0 Å². The van der Waals surface area contributed by atoms with E-state index in [2.05, 4.69) is 10.6 Å². The van der Waals surface area contributed by atoms with Gasteiger partial charge in [0, 0.05) is 16.6 Å². The summed E-state index contributed by atoms with van der Waals surface area (Å²) in [6, 6.07) is 17.6. The molecule has 0 spiro atoms. The van der Waals surface area contributed by atoms with Crippen molar-refractivity contribution in [3.63, 3.8) is 0 Å². The van der Waals surface area contributed by atoms with Gasteiger partial charge < -0.3 is 15.2 Å². The van der Waals surface area contributed by atoms with E-state index in [0.29, 0.717) is 11.3 Å². The van der Waals surface area contributed by atoms with E-state index in [-0.39, 0.29) is 22.9 Å². The fourth-order valence-electron chi connectivity index (χ4n) is 2.67.